The lowest BCUT2D eigenvalue weighted by molar-refractivity contribution is -0.112. The van der Waals surface area contributed by atoms with Gasteiger partial charge in [0.25, 0.3) is 5.91 Å². The van der Waals surface area contributed by atoms with E-state index >= 15 is 0 Å². The standard InChI is InChI=1S/C17H12BrFN2O3/c1-24-15-8-10(7-12(18)16(15)22)6-11(9-20)17(23)21-14-5-3-2-4-13(14)19/h2-8,22H,1H3,(H,21,23)/b11-6-. The second-order valence-corrected chi connectivity index (χ2v) is 5.51. The first kappa shape index (κ1) is 17.5. The molecular weight excluding hydrogens is 379 g/mol. The molecule has 2 N–H and O–H groups in total. The summed E-state index contributed by atoms with van der Waals surface area (Å²) in [6, 6.07) is 10.4. The van der Waals surface area contributed by atoms with Gasteiger partial charge in [0.1, 0.15) is 17.5 Å². The maximum atomic E-state index is 13.6. The van der Waals surface area contributed by atoms with Gasteiger partial charge in [-0.05, 0) is 51.8 Å². The zero-order chi connectivity index (χ0) is 17.7. The van der Waals surface area contributed by atoms with Crippen LogP contribution in [0, 0.1) is 17.1 Å². The van der Waals surface area contributed by atoms with Gasteiger partial charge in [-0.25, -0.2) is 4.39 Å². The number of nitrogens with zero attached hydrogens (tertiary/aromatic N) is 1. The van der Waals surface area contributed by atoms with Gasteiger partial charge in [0.2, 0.25) is 0 Å². The summed E-state index contributed by atoms with van der Waals surface area (Å²) in [5.74, 6) is -1.26. The number of ether oxygens (including phenoxy) is 1. The van der Waals surface area contributed by atoms with Crippen LogP contribution in [0.1, 0.15) is 5.56 Å². The lowest BCUT2D eigenvalue weighted by atomic mass is 10.1. The van der Waals surface area contributed by atoms with Crippen LogP contribution in [0.3, 0.4) is 0 Å². The number of benzene rings is 2. The van der Waals surface area contributed by atoms with Gasteiger partial charge >= 0.3 is 0 Å². The number of phenols is 1. The number of hydrogen-bond donors (Lipinski definition) is 2. The highest BCUT2D eigenvalue weighted by atomic mass is 79.9. The predicted octanol–water partition coefficient (Wildman–Crippen LogP) is 3.85. The zero-order valence-corrected chi connectivity index (χ0v) is 14.1. The van der Waals surface area contributed by atoms with Gasteiger partial charge in [-0.1, -0.05) is 12.1 Å². The third kappa shape index (κ3) is 3.91. The molecule has 0 aromatic heterocycles. The lowest BCUT2D eigenvalue weighted by Gasteiger charge is -2.08. The van der Waals surface area contributed by atoms with E-state index < -0.39 is 11.7 Å². The first-order chi connectivity index (χ1) is 11.5. The number of carbonyl (C=O) groups excluding carboxylic acids is 1. The fourth-order valence-electron chi connectivity index (χ4n) is 1.90. The maximum absolute atomic E-state index is 13.6. The minimum atomic E-state index is -0.745. The Morgan fingerprint density at radius 2 is 2.12 bits per heavy atom. The number of carbonyl (C=O) groups is 1. The Labute approximate surface area is 146 Å². The molecule has 0 unspecified atom stereocenters. The topological polar surface area (TPSA) is 82.3 Å². The largest absolute Gasteiger partial charge is 0.503 e. The highest BCUT2D eigenvalue weighted by Gasteiger charge is 2.13. The SMILES string of the molecule is COc1cc(/C=C(/C#N)C(=O)Nc2ccccc2F)cc(Br)c1O. The summed E-state index contributed by atoms with van der Waals surface area (Å²) < 4.78 is 18.9. The van der Waals surface area contributed by atoms with Crippen LogP contribution in [0.2, 0.25) is 0 Å². The molecular formula is C17H12BrFN2O3. The van der Waals surface area contributed by atoms with Gasteiger partial charge in [0.05, 0.1) is 17.3 Å². The summed E-state index contributed by atoms with van der Waals surface area (Å²) in [5, 5.41) is 21.3. The van der Waals surface area contributed by atoms with Crippen LogP contribution < -0.4 is 10.1 Å². The van der Waals surface area contributed by atoms with E-state index in [4.69, 9.17) is 4.74 Å². The Bertz CT molecular complexity index is 859. The van der Waals surface area contributed by atoms with Crippen molar-refractivity contribution in [3.05, 3.63) is 57.8 Å². The normalized spacial score (nSPS) is 10.8. The molecule has 0 saturated carbocycles. The van der Waals surface area contributed by atoms with Crippen LogP contribution >= 0.6 is 15.9 Å². The second kappa shape index (κ2) is 7.62. The number of methoxy groups -OCH3 is 1. The van der Waals surface area contributed by atoms with Gasteiger partial charge in [-0.2, -0.15) is 5.26 Å². The van der Waals surface area contributed by atoms with Crippen molar-refractivity contribution in [1.82, 2.24) is 0 Å². The number of anilines is 1. The van der Waals surface area contributed by atoms with E-state index in [-0.39, 0.29) is 22.8 Å². The van der Waals surface area contributed by atoms with Crippen LogP contribution in [-0.4, -0.2) is 18.1 Å². The van der Waals surface area contributed by atoms with E-state index in [1.54, 1.807) is 12.1 Å². The van der Waals surface area contributed by atoms with E-state index in [2.05, 4.69) is 21.2 Å². The second-order valence-electron chi connectivity index (χ2n) is 4.66. The van der Waals surface area contributed by atoms with Gasteiger partial charge in [-0.15, -0.1) is 0 Å². The third-order valence-corrected chi connectivity index (χ3v) is 3.67. The molecule has 2 aromatic rings. The zero-order valence-electron chi connectivity index (χ0n) is 12.5. The monoisotopic (exact) mass is 390 g/mol. The minimum absolute atomic E-state index is 0.0203. The quantitative estimate of drug-likeness (QED) is 0.613. The molecule has 0 spiro atoms. The average molecular weight is 391 g/mol. The smallest absolute Gasteiger partial charge is 0.266 e. The molecule has 0 saturated heterocycles. The number of para-hydroxylation sites is 1. The predicted molar refractivity (Wildman–Crippen MR) is 91.0 cm³/mol. The summed E-state index contributed by atoms with van der Waals surface area (Å²) in [5.41, 5.74) is 0.211. The van der Waals surface area contributed by atoms with Crippen molar-refractivity contribution in [3.63, 3.8) is 0 Å². The number of hydrogen-bond acceptors (Lipinski definition) is 4. The van der Waals surface area contributed by atoms with Gasteiger partial charge in [0.15, 0.2) is 11.5 Å². The Kier molecular flexibility index (Phi) is 5.55. The van der Waals surface area contributed by atoms with E-state index in [9.17, 15) is 19.6 Å². The molecule has 0 heterocycles. The summed E-state index contributed by atoms with van der Waals surface area (Å²) in [4.78, 5) is 12.1. The Hall–Kier alpha value is -2.85. The molecule has 0 aliphatic heterocycles. The molecule has 0 aliphatic carbocycles. The summed E-state index contributed by atoms with van der Waals surface area (Å²) in [6.07, 6.45) is 1.31. The molecule has 0 bridgehead atoms. The van der Waals surface area contributed by atoms with Crippen molar-refractivity contribution >= 4 is 33.6 Å². The van der Waals surface area contributed by atoms with Gasteiger partial charge in [-0.3, -0.25) is 4.79 Å². The number of rotatable bonds is 4. The van der Waals surface area contributed by atoms with Crippen LogP contribution in [0.4, 0.5) is 10.1 Å². The highest BCUT2D eigenvalue weighted by molar-refractivity contribution is 9.10. The summed E-state index contributed by atoms with van der Waals surface area (Å²) in [7, 11) is 1.38. The Morgan fingerprint density at radius 3 is 2.75 bits per heavy atom. The number of phenolic OH excluding ortho intramolecular Hbond substituents is 1. The Morgan fingerprint density at radius 1 is 1.42 bits per heavy atom. The molecule has 2 aromatic carbocycles. The number of aromatic hydroxyl groups is 1. The molecule has 0 aliphatic rings. The lowest BCUT2D eigenvalue weighted by Crippen LogP contribution is -2.14. The number of nitriles is 1. The highest BCUT2D eigenvalue weighted by Crippen LogP contribution is 2.35. The number of nitrogens with one attached hydrogen (secondary N) is 1. The fourth-order valence-corrected chi connectivity index (χ4v) is 2.36. The van der Waals surface area contributed by atoms with Crippen molar-refractivity contribution < 1.29 is 19.0 Å². The first-order valence-electron chi connectivity index (χ1n) is 6.70. The fraction of sp³-hybridized carbons (Fsp3) is 0.0588. The van der Waals surface area contributed by atoms with E-state index in [1.807, 2.05) is 0 Å². The van der Waals surface area contributed by atoms with Crippen molar-refractivity contribution in [3.8, 4) is 17.6 Å². The van der Waals surface area contributed by atoms with Crippen molar-refractivity contribution in [2.75, 3.05) is 12.4 Å². The average Bonchev–Trinajstić information content (AvgIpc) is 2.57. The van der Waals surface area contributed by atoms with Crippen molar-refractivity contribution in [2.45, 2.75) is 0 Å². The van der Waals surface area contributed by atoms with Crippen molar-refractivity contribution in [2.24, 2.45) is 0 Å². The van der Waals surface area contributed by atoms with E-state index in [1.165, 1.54) is 43.5 Å². The summed E-state index contributed by atoms with van der Waals surface area (Å²) >= 11 is 3.16. The van der Waals surface area contributed by atoms with Crippen LogP contribution in [-0.2, 0) is 4.79 Å². The molecule has 2 rings (SSSR count). The van der Waals surface area contributed by atoms with E-state index in [0.717, 1.165) is 0 Å². The summed E-state index contributed by atoms with van der Waals surface area (Å²) in [6.45, 7) is 0. The Balaban J connectivity index is 2.33. The molecule has 0 fully saturated rings. The van der Waals surface area contributed by atoms with Crippen molar-refractivity contribution in [1.29, 1.82) is 5.26 Å². The van der Waals surface area contributed by atoms with Crippen LogP contribution in [0.25, 0.3) is 6.08 Å². The third-order valence-electron chi connectivity index (χ3n) is 3.07. The molecule has 0 atom stereocenters. The van der Waals surface area contributed by atoms with Crippen LogP contribution in [0.15, 0.2) is 46.4 Å². The van der Waals surface area contributed by atoms with Crippen LogP contribution in [0.5, 0.6) is 11.5 Å². The molecule has 5 nitrogen and oxygen atoms in total. The van der Waals surface area contributed by atoms with Gasteiger partial charge in [0, 0.05) is 0 Å². The molecule has 7 heteroatoms. The number of amides is 1. The van der Waals surface area contributed by atoms with E-state index in [0.29, 0.717) is 10.0 Å². The minimum Gasteiger partial charge on any atom is -0.503 e. The molecule has 24 heavy (non-hydrogen) atoms. The van der Waals surface area contributed by atoms with Gasteiger partial charge < -0.3 is 15.2 Å². The maximum Gasteiger partial charge on any atom is 0.266 e. The number of halogens is 2. The molecule has 0 radical (unpaired) electrons. The molecule has 1 amide bonds. The first-order valence-corrected chi connectivity index (χ1v) is 7.49. The molecule has 122 valence electrons.